The van der Waals surface area contributed by atoms with Crippen molar-refractivity contribution in [3.63, 3.8) is 0 Å². The van der Waals surface area contributed by atoms with Gasteiger partial charge in [0.2, 0.25) is 0 Å². The van der Waals surface area contributed by atoms with Crippen LogP contribution >= 0.6 is 0 Å². The molecule has 4 heteroatoms. The third-order valence-corrected chi connectivity index (χ3v) is 3.48. The fraction of sp³-hybridized carbons (Fsp3) is 0.500. The molecule has 1 aliphatic heterocycles. The first-order valence-electron chi connectivity index (χ1n) is 6.43. The summed E-state index contributed by atoms with van der Waals surface area (Å²) in [5, 5.41) is 19.1. The van der Waals surface area contributed by atoms with Crippen molar-refractivity contribution in [2.75, 3.05) is 13.1 Å². The molecule has 4 nitrogen and oxygen atoms in total. The number of amides is 1. The zero-order chi connectivity index (χ0) is 13.1. The van der Waals surface area contributed by atoms with Crippen molar-refractivity contribution in [1.82, 2.24) is 4.90 Å². The molecule has 1 fully saturated rings. The summed E-state index contributed by atoms with van der Waals surface area (Å²) < 4.78 is 0. The Labute approximate surface area is 107 Å². The predicted molar refractivity (Wildman–Crippen MR) is 68.7 cm³/mol. The van der Waals surface area contributed by atoms with Crippen molar-refractivity contribution in [2.24, 2.45) is 5.92 Å². The minimum Gasteiger partial charge on any atom is -0.508 e. The van der Waals surface area contributed by atoms with E-state index < -0.39 is 0 Å². The van der Waals surface area contributed by atoms with Gasteiger partial charge >= 0.3 is 0 Å². The van der Waals surface area contributed by atoms with Crippen LogP contribution in [0.4, 0.5) is 0 Å². The molecule has 1 unspecified atom stereocenters. The van der Waals surface area contributed by atoms with Gasteiger partial charge in [0, 0.05) is 13.1 Å². The standard InChI is InChI=1S/C14H19NO3/c1-2-3-10-6-7-15(9-10)14(18)12-8-11(16)4-5-13(12)17/h4-5,8,10,16-17H,2-3,6-7,9H2,1H3. The number of rotatable bonds is 3. The van der Waals surface area contributed by atoms with Crippen molar-refractivity contribution in [3.05, 3.63) is 23.8 Å². The topological polar surface area (TPSA) is 60.8 Å². The van der Waals surface area contributed by atoms with E-state index in [1.54, 1.807) is 4.90 Å². The summed E-state index contributed by atoms with van der Waals surface area (Å²) in [5.41, 5.74) is 0.187. The normalized spacial score (nSPS) is 19.2. The molecule has 98 valence electrons. The summed E-state index contributed by atoms with van der Waals surface area (Å²) in [6.07, 6.45) is 3.29. The number of phenols is 2. The molecule has 1 heterocycles. The van der Waals surface area contributed by atoms with E-state index in [0.29, 0.717) is 5.92 Å². The van der Waals surface area contributed by atoms with Gasteiger partial charge in [0.1, 0.15) is 11.5 Å². The van der Waals surface area contributed by atoms with Crippen LogP contribution in [-0.4, -0.2) is 34.1 Å². The van der Waals surface area contributed by atoms with E-state index in [-0.39, 0.29) is 23.0 Å². The Kier molecular flexibility index (Phi) is 3.75. The summed E-state index contributed by atoms with van der Waals surface area (Å²) in [6.45, 7) is 3.63. The smallest absolute Gasteiger partial charge is 0.257 e. The molecule has 0 bridgehead atoms. The van der Waals surface area contributed by atoms with E-state index in [9.17, 15) is 15.0 Å². The Balaban J connectivity index is 2.10. The minimum absolute atomic E-state index is 0.000421. The molecule has 0 saturated carbocycles. The third-order valence-electron chi connectivity index (χ3n) is 3.48. The van der Waals surface area contributed by atoms with E-state index in [4.69, 9.17) is 0 Å². The molecule has 1 amide bonds. The van der Waals surface area contributed by atoms with Gasteiger partial charge in [0.15, 0.2) is 0 Å². The first-order chi connectivity index (χ1) is 8.61. The highest BCUT2D eigenvalue weighted by Crippen LogP contribution is 2.27. The van der Waals surface area contributed by atoms with Gasteiger partial charge in [0.05, 0.1) is 5.56 Å². The maximum Gasteiger partial charge on any atom is 0.257 e. The Morgan fingerprint density at radius 1 is 1.44 bits per heavy atom. The lowest BCUT2D eigenvalue weighted by atomic mass is 10.0. The molecule has 1 aliphatic rings. The van der Waals surface area contributed by atoms with Crippen molar-refractivity contribution < 1.29 is 15.0 Å². The lowest BCUT2D eigenvalue weighted by Crippen LogP contribution is -2.28. The summed E-state index contributed by atoms with van der Waals surface area (Å²) in [5.74, 6) is 0.303. The molecule has 2 rings (SSSR count). The van der Waals surface area contributed by atoms with E-state index in [1.165, 1.54) is 18.2 Å². The number of carbonyl (C=O) groups is 1. The summed E-state index contributed by atoms with van der Waals surface area (Å²) >= 11 is 0. The van der Waals surface area contributed by atoms with Crippen LogP contribution in [0.25, 0.3) is 0 Å². The van der Waals surface area contributed by atoms with Gasteiger partial charge in [0.25, 0.3) is 5.91 Å². The first-order valence-corrected chi connectivity index (χ1v) is 6.43. The van der Waals surface area contributed by atoms with Gasteiger partial charge in [-0.15, -0.1) is 0 Å². The number of carbonyl (C=O) groups excluding carboxylic acids is 1. The molecule has 0 spiro atoms. The Morgan fingerprint density at radius 2 is 2.22 bits per heavy atom. The van der Waals surface area contributed by atoms with E-state index >= 15 is 0 Å². The molecule has 1 aromatic rings. The molecule has 1 aromatic carbocycles. The first kappa shape index (κ1) is 12.7. The molecular formula is C14H19NO3. The zero-order valence-electron chi connectivity index (χ0n) is 10.6. The van der Waals surface area contributed by atoms with Crippen LogP contribution in [-0.2, 0) is 0 Å². The average Bonchev–Trinajstić information content (AvgIpc) is 2.80. The van der Waals surface area contributed by atoms with Gasteiger partial charge in [-0.3, -0.25) is 4.79 Å². The van der Waals surface area contributed by atoms with Crippen LogP contribution in [0.3, 0.4) is 0 Å². The lowest BCUT2D eigenvalue weighted by molar-refractivity contribution is 0.0783. The summed E-state index contributed by atoms with van der Waals surface area (Å²) in [6, 6.07) is 4.04. The maximum atomic E-state index is 12.2. The van der Waals surface area contributed by atoms with Crippen LogP contribution in [0.2, 0.25) is 0 Å². The highest BCUT2D eigenvalue weighted by atomic mass is 16.3. The van der Waals surface area contributed by atoms with E-state index in [2.05, 4.69) is 6.92 Å². The Morgan fingerprint density at radius 3 is 2.94 bits per heavy atom. The Bertz CT molecular complexity index is 445. The second-order valence-electron chi connectivity index (χ2n) is 4.90. The van der Waals surface area contributed by atoms with Crippen LogP contribution in [0, 0.1) is 5.92 Å². The monoisotopic (exact) mass is 249 g/mol. The van der Waals surface area contributed by atoms with Crippen LogP contribution < -0.4 is 0 Å². The van der Waals surface area contributed by atoms with Crippen molar-refractivity contribution >= 4 is 5.91 Å². The van der Waals surface area contributed by atoms with Gasteiger partial charge in [-0.2, -0.15) is 0 Å². The molecule has 18 heavy (non-hydrogen) atoms. The minimum atomic E-state index is -0.193. The maximum absolute atomic E-state index is 12.2. The van der Waals surface area contributed by atoms with Crippen LogP contribution in [0.5, 0.6) is 11.5 Å². The lowest BCUT2D eigenvalue weighted by Gasteiger charge is -2.17. The second-order valence-corrected chi connectivity index (χ2v) is 4.90. The van der Waals surface area contributed by atoms with Crippen LogP contribution in [0.1, 0.15) is 36.5 Å². The fourth-order valence-corrected chi connectivity index (χ4v) is 2.53. The number of likely N-dealkylation sites (tertiary alicyclic amines) is 1. The number of hydrogen-bond donors (Lipinski definition) is 2. The number of benzene rings is 1. The molecule has 1 saturated heterocycles. The van der Waals surface area contributed by atoms with Crippen molar-refractivity contribution in [2.45, 2.75) is 26.2 Å². The van der Waals surface area contributed by atoms with E-state index in [0.717, 1.165) is 32.4 Å². The number of phenolic OH excluding ortho intramolecular Hbond substituents is 2. The third kappa shape index (κ3) is 2.58. The quantitative estimate of drug-likeness (QED) is 0.808. The number of aromatic hydroxyl groups is 2. The molecule has 0 aliphatic carbocycles. The van der Waals surface area contributed by atoms with Gasteiger partial charge in [-0.25, -0.2) is 0 Å². The molecule has 0 aromatic heterocycles. The predicted octanol–water partition coefficient (Wildman–Crippen LogP) is 2.36. The highest BCUT2D eigenvalue weighted by Gasteiger charge is 2.27. The summed E-state index contributed by atoms with van der Waals surface area (Å²) in [7, 11) is 0. The van der Waals surface area contributed by atoms with Crippen LogP contribution in [0.15, 0.2) is 18.2 Å². The van der Waals surface area contributed by atoms with E-state index in [1.807, 2.05) is 0 Å². The Hall–Kier alpha value is -1.71. The second kappa shape index (κ2) is 5.29. The molecule has 1 atom stereocenters. The van der Waals surface area contributed by atoms with Crippen molar-refractivity contribution in [3.8, 4) is 11.5 Å². The van der Waals surface area contributed by atoms with Crippen molar-refractivity contribution in [1.29, 1.82) is 0 Å². The zero-order valence-corrected chi connectivity index (χ0v) is 10.6. The van der Waals surface area contributed by atoms with Gasteiger partial charge in [-0.1, -0.05) is 13.3 Å². The van der Waals surface area contributed by atoms with Gasteiger partial charge < -0.3 is 15.1 Å². The molecule has 0 radical (unpaired) electrons. The number of hydrogen-bond acceptors (Lipinski definition) is 3. The molecular weight excluding hydrogens is 230 g/mol. The average molecular weight is 249 g/mol. The SMILES string of the molecule is CCCC1CCN(C(=O)c2cc(O)ccc2O)C1. The fourth-order valence-electron chi connectivity index (χ4n) is 2.53. The van der Waals surface area contributed by atoms with Gasteiger partial charge in [-0.05, 0) is 37.0 Å². The molecule has 2 N–H and O–H groups in total. The number of nitrogens with zero attached hydrogens (tertiary/aromatic N) is 1. The largest absolute Gasteiger partial charge is 0.508 e. The summed E-state index contributed by atoms with van der Waals surface area (Å²) in [4.78, 5) is 14.0. The highest BCUT2D eigenvalue weighted by molar-refractivity contribution is 5.97.